The van der Waals surface area contributed by atoms with Gasteiger partial charge in [-0.2, -0.15) is 0 Å². The highest BCUT2D eigenvalue weighted by molar-refractivity contribution is 7.89. The van der Waals surface area contributed by atoms with Gasteiger partial charge in [0.25, 0.3) is 0 Å². The van der Waals surface area contributed by atoms with Crippen LogP contribution in [0, 0.1) is 0 Å². The van der Waals surface area contributed by atoms with Crippen LogP contribution < -0.4 is 10.0 Å². The van der Waals surface area contributed by atoms with E-state index >= 15 is 0 Å². The van der Waals surface area contributed by atoms with E-state index in [0.717, 1.165) is 0 Å². The SMILES string of the molecule is CNCCNS(=O)(=O)c1ccc(Cl)cc1C(=O)OC.Cl. The number of ether oxygens (including phenoxy) is 1. The summed E-state index contributed by atoms with van der Waals surface area (Å²) in [5, 5.41) is 3.07. The quantitative estimate of drug-likeness (QED) is 0.596. The number of rotatable bonds is 6. The molecule has 6 nitrogen and oxygen atoms in total. The summed E-state index contributed by atoms with van der Waals surface area (Å²) in [6.45, 7) is 0.683. The number of esters is 1. The van der Waals surface area contributed by atoms with Crippen LogP contribution in [0.1, 0.15) is 10.4 Å². The molecule has 0 atom stereocenters. The molecule has 0 spiro atoms. The summed E-state index contributed by atoms with van der Waals surface area (Å²) in [4.78, 5) is 11.4. The zero-order valence-corrected chi connectivity index (χ0v) is 13.4. The molecular formula is C11H16Cl2N2O4S. The Kier molecular flexibility index (Phi) is 8.07. The van der Waals surface area contributed by atoms with Crippen molar-refractivity contribution in [3.8, 4) is 0 Å². The van der Waals surface area contributed by atoms with Crippen molar-refractivity contribution in [1.82, 2.24) is 10.0 Å². The highest BCUT2D eigenvalue weighted by Gasteiger charge is 2.22. The zero-order chi connectivity index (χ0) is 14.5. The summed E-state index contributed by atoms with van der Waals surface area (Å²) in [6.07, 6.45) is 0. The molecule has 0 saturated carbocycles. The second-order valence-corrected chi connectivity index (χ2v) is 5.81. The fourth-order valence-corrected chi connectivity index (χ4v) is 2.77. The number of carbonyl (C=O) groups is 1. The molecule has 0 unspecified atom stereocenters. The summed E-state index contributed by atoms with van der Waals surface area (Å²) < 4.78 is 31.1. The molecule has 20 heavy (non-hydrogen) atoms. The van der Waals surface area contributed by atoms with Gasteiger partial charge < -0.3 is 10.1 Å². The van der Waals surface area contributed by atoms with Gasteiger partial charge in [-0.05, 0) is 25.2 Å². The van der Waals surface area contributed by atoms with Gasteiger partial charge in [0.05, 0.1) is 17.6 Å². The number of carbonyl (C=O) groups excluding carboxylic acids is 1. The van der Waals surface area contributed by atoms with Gasteiger partial charge in [-0.15, -0.1) is 12.4 Å². The van der Waals surface area contributed by atoms with Gasteiger partial charge in [-0.3, -0.25) is 0 Å². The number of hydrogen-bond donors (Lipinski definition) is 2. The minimum Gasteiger partial charge on any atom is -0.465 e. The Labute approximate surface area is 129 Å². The first kappa shape index (κ1) is 19.1. The predicted octanol–water partition coefficient (Wildman–Crippen LogP) is 1.05. The minimum atomic E-state index is -3.78. The van der Waals surface area contributed by atoms with E-state index in [2.05, 4.69) is 14.8 Å². The Balaban J connectivity index is 0.00000361. The second-order valence-electron chi connectivity index (χ2n) is 3.63. The number of hydrogen-bond acceptors (Lipinski definition) is 5. The van der Waals surface area contributed by atoms with Crippen molar-refractivity contribution in [3.63, 3.8) is 0 Å². The number of halogens is 2. The smallest absolute Gasteiger partial charge is 0.339 e. The van der Waals surface area contributed by atoms with Crippen LogP contribution in [0.5, 0.6) is 0 Å². The molecule has 1 rings (SSSR count). The third-order valence-corrected chi connectivity index (χ3v) is 4.06. The van der Waals surface area contributed by atoms with E-state index in [1.165, 1.54) is 25.3 Å². The van der Waals surface area contributed by atoms with E-state index in [1.807, 2.05) is 0 Å². The number of sulfonamides is 1. The topological polar surface area (TPSA) is 84.5 Å². The summed E-state index contributed by atoms with van der Waals surface area (Å²) in [5.41, 5.74) is -0.0908. The normalized spacial score (nSPS) is 10.8. The van der Waals surface area contributed by atoms with E-state index in [1.54, 1.807) is 7.05 Å². The second kappa shape index (κ2) is 8.43. The molecule has 1 aromatic carbocycles. The average Bonchev–Trinajstić information content (AvgIpc) is 2.37. The summed E-state index contributed by atoms with van der Waals surface area (Å²) >= 11 is 5.76. The van der Waals surface area contributed by atoms with Gasteiger partial charge in [0.1, 0.15) is 0 Å². The van der Waals surface area contributed by atoms with Crippen LogP contribution in [0.25, 0.3) is 0 Å². The van der Waals surface area contributed by atoms with Crippen molar-refractivity contribution in [2.45, 2.75) is 4.90 Å². The number of benzene rings is 1. The molecule has 1 aromatic rings. The molecule has 2 N–H and O–H groups in total. The van der Waals surface area contributed by atoms with E-state index < -0.39 is 16.0 Å². The molecule has 0 aliphatic carbocycles. The first-order chi connectivity index (χ1) is 8.92. The highest BCUT2D eigenvalue weighted by Crippen LogP contribution is 2.21. The van der Waals surface area contributed by atoms with Crippen LogP contribution in [-0.4, -0.2) is 41.6 Å². The molecule has 0 bridgehead atoms. The lowest BCUT2D eigenvalue weighted by Gasteiger charge is -2.10. The maximum absolute atomic E-state index is 12.1. The van der Waals surface area contributed by atoms with Gasteiger partial charge in [0.2, 0.25) is 10.0 Å². The van der Waals surface area contributed by atoms with E-state index in [0.29, 0.717) is 6.54 Å². The molecule has 0 saturated heterocycles. The maximum atomic E-state index is 12.1. The first-order valence-corrected chi connectivity index (χ1v) is 7.30. The van der Waals surface area contributed by atoms with Crippen molar-refractivity contribution < 1.29 is 17.9 Å². The molecular weight excluding hydrogens is 327 g/mol. The maximum Gasteiger partial charge on any atom is 0.339 e. The molecule has 9 heteroatoms. The molecule has 114 valence electrons. The fourth-order valence-electron chi connectivity index (χ4n) is 1.39. The van der Waals surface area contributed by atoms with Crippen LogP contribution in [0.2, 0.25) is 5.02 Å². The largest absolute Gasteiger partial charge is 0.465 e. The number of likely N-dealkylation sites (N-methyl/N-ethyl adjacent to an activating group) is 1. The standard InChI is InChI=1S/C11H15ClN2O4S.ClH/c1-13-5-6-14-19(16,17)10-4-3-8(12)7-9(10)11(15)18-2;/h3-4,7,13-14H,5-6H2,1-2H3;1H. The van der Waals surface area contributed by atoms with E-state index in [4.69, 9.17) is 11.6 Å². The van der Waals surface area contributed by atoms with Gasteiger partial charge in [0, 0.05) is 18.1 Å². The van der Waals surface area contributed by atoms with E-state index in [9.17, 15) is 13.2 Å². The Morgan fingerprint density at radius 2 is 2.00 bits per heavy atom. The van der Waals surface area contributed by atoms with Crippen molar-refractivity contribution in [2.24, 2.45) is 0 Å². The summed E-state index contributed by atoms with van der Waals surface area (Å²) in [5.74, 6) is -0.753. The predicted molar refractivity (Wildman–Crippen MR) is 79.2 cm³/mol. The number of methoxy groups -OCH3 is 1. The average molecular weight is 343 g/mol. The van der Waals surface area contributed by atoms with Gasteiger partial charge in [-0.1, -0.05) is 11.6 Å². The van der Waals surface area contributed by atoms with Crippen LogP contribution in [0.3, 0.4) is 0 Å². The Hall–Kier alpha value is -0.860. The van der Waals surface area contributed by atoms with Crippen LogP contribution in [0.15, 0.2) is 23.1 Å². The monoisotopic (exact) mass is 342 g/mol. The van der Waals surface area contributed by atoms with Crippen LogP contribution >= 0.6 is 24.0 Å². The zero-order valence-electron chi connectivity index (χ0n) is 11.0. The lowest BCUT2D eigenvalue weighted by molar-refractivity contribution is 0.0596. The minimum absolute atomic E-state index is 0. The van der Waals surface area contributed by atoms with Gasteiger partial charge in [0.15, 0.2) is 0 Å². The molecule has 0 aromatic heterocycles. The van der Waals surface area contributed by atoms with Crippen molar-refractivity contribution in [1.29, 1.82) is 0 Å². The summed E-state index contributed by atoms with van der Waals surface area (Å²) in [7, 11) is -0.905. The van der Waals surface area contributed by atoms with Crippen molar-refractivity contribution in [2.75, 3.05) is 27.2 Å². The van der Waals surface area contributed by atoms with Gasteiger partial charge >= 0.3 is 5.97 Å². The van der Waals surface area contributed by atoms with Crippen LogP contribution in [0.4, 0.5) is 0 Å². The lowest BCUT2D eigenvalue weighted by atomic mass is 10.2. The Morgan fingerprint density at radius 1 is 1.35 bits per heavy atom. The third-order valence-electron chi connectivity index (χ3n) is 2.30. The first-order valence-electron chi connectivity index (χ1n) is 5.44. The molecule has 0 aliphatic rings. The lowest BCUT2D eigenvalue weighted by Crippen LogP contribution is -2.31. The van der Waals surface area contributed by atoms with Gasteiger partial charge in [-0.25, -0.2) is 17.9 Å². The van der Waals surface area contributed by atoms with Crippen molar-refractivity contribution in [3.05, 3.63) is 28.8 Å². The molecule has 0 amide bonds. The summed E-state index contributed by atoms with van der Waals surface area (Å²) in [6, 6.07) is 3.94. The fraction of sp³-hybridized carbons (Fsp3) is 0.364. The molecule has 0 heterocycles. The highest BCUT2D eigenvalue weighted by atomic mass is 35.5. The number of nitrogens with one attached hydrogen (secondary N) is 2. The Morgan fingerprint density at radius 3 is 2.55 bits per heavy atom. The van der Waals surface area contributed by atoms with Crippen molar-refractivity contribution >= 4 is 40.0 Å². The Bertz CT molecular complexity index is 564. The van der Waals surface area contributed by atoms with Crippen LogP contribution in [-0.2, 0) is 14.8 Å². The van der Waals surface area contributed by atoms with E-state index in [-0.39, 0.29) is 34.4 Å². The molecule has 0 fully saturated rings. The molecule has 0 radical (unpaired) electrons. The molecule has 0 aliphatic heterocycles. The third kappa shape index (κ3) is 4.92.